The summed E-state index contributed by atoms with van der Waals surface area (Å²) >= 11 is 2.90. The van der Waals surface area contributed by atoms with Gasteiger partial charge in [-0.2, -0.15) is 0 Å². The number of thiazole rings is 1. The monoisotopic (exact) mass is 373 g/mol. The van der Waals surface area contributed by atoms with Gasteiger partial charge in [0.2, 0.25) is 17.7 Å². The van der Waals surface area contributed by atoms with E-state index in [4.69, 9.17) is 0 Å². The number of hydrogen-bond acceptors (Lipinski definition) is 6. The van der Waals surface area contributed by atoms with Gasteiger partial charge < -0.3 is 5.32 Å². The van der Waals surface area contributed by atoms with Crippen LogP contribution in [0.3, 0.4) is 0 Å². The van der Waals surface area contributed by atoms with E-state index in [1.807, 2.05) is 35.0 Å². The minimum Gasteiger partial charge on any atom is -0.300 e. The van der Waals surface area contributed by atoms with E-state index < -0.39 is 5.91 Å². The Hall–Kier alpha value is -2.32. The number of imide groups is 1. The molecule has 2 aromatic heterocycles. The van der Waals surface area contributed by atoms with Gasteiger partial charge in [-0.1, -0.05) is 18.2 Å². The highest BCUT2D eigenvalue weighted by Crippen LogP contribution is 2.35. The maximum absolute atomic E-state index is 12.4. The second-order valence-electron chi connectivity index (χ2n) is 5.98. The lowest BCUT2D eigenvalue weighted by molar-refractivity contribution is -0.142. The first-order valence-electron chi connectivity index (χ1n) is 7.93. The first kappa shape index (κ1) is 16.2. The van der Waals surface area contributed by atoms with Gasteiger partial charge in [0.15, 0.2) is 5.13 Å². The van der Waals surface area contributed by atoms with E-state index in [1.54, 1.807) is 11.3 Å². The quantitative estimate of drug-likeness (QED) is 0.660. The number of anilines is 1. The van der Waals surface area contributed by atoms with Crippen LogP contribution >= 0.6 is 22.7 Å². The lowest BCUT2D eigenvalue weighted by Crippen LogP contribution is -2.38. The molecule has 2 unspecified atom stereocenters. The molecule has 1 aliphatic carbocycles. The highest BCUT2D eigenvalue weighted by atomic mass is 32.1. The molecule has 0 saturated carbocycles. The van der Waals surface area contributed by atoms with Crippen LogP contribution in [-0.4, -0.2) is 34.2 Å². The van der Waals surface area contributed by atoms with Crippen LogP contribution in [-0.2, 0) is 14.4 Å². The third-order valence-electron chi connectivity index (χ3n) is 4.42. The van der Waals surface area contributed by atoms with Crippen molar-refractivity contribution in [3.8, 4) is 10.6 Å². The van der Waals surface area contributed by atoms with E-state index in [9.17, 15) is 14.4 Å². The largest absolute Gasteiger partial charge is 0.300 e. The zero-order valence-corrected chi connectivity index (χ0v) is 14.8. The van der Waals surface area contributed by atoms with Gasteiger partial charge in [-0.15, -0.1) is 22.7 Å². The molecule has 3 amide bonds. The SMILES string of the molecule is O=C(CN1C(=O)C2CC=CCC2C1=O)Nc1nc(-c2cccs2)cs1. The molecule has 2 aliphatic rings. The van der Waals surface area contributed by atoms with Crippen molar-refractivity contribution in [2.45, 2.75) is 12.8 Å². The fraction of sp³-hybridized carbons (Fsp3) is 0.294. The van der Waals surface area contributed by atoms with Crippen LogP contribution < -0.4 is 5.32 Å². The second-order valence-corrected chi connectivity index (χ2v) is 7.79. The van der Waals surface area contributed by atoms with E-state index in [-0.39, 0.29) is 30.2 Å². The molecule has 0 bridgehead atoms. The van der Waals surface area contributed by atoms with E-state index in [0.29, 0.717) is 18.0 Å². The molecule has 0 spiro atoms. The highest BCUT2D eigenvalue weighted by Gasteiger charge is 2.47. The number of fused-ring (bicyclic) bond motifs is 1. The van der Waals surface area contributed by atoms with E-state index in [1.165, 1.54) is 11.3 Å². The summed E-state index contributed by atoms with van der Waals surface area (Å²) in [5.41, 5.74) is 0.806. The molecule has 2 atom stereocenters. The number of allylic oxidation sites excluding steroid dienone is 2. The molecule has 2 aromatic rings. The summed E-state index contributed by atoms with van der Waals surface area (Å²) < 4.78 is 0. The lowest BCUT2D eigenvalue weighted by atomic mass is 9.85. The van der Waals surface area contributed by atoms with Gasteiger partial charge in [-0.05, 0) is 24.3 Å². The second kappa shape index (κ2) is 6.53. The fourth-order valence-corrected chi connectivity index (χ4v) is 4.68. The Morgan fingerprint density at radius 2 is 1.92 bits per heavy atom. The number of likely N-dealkylation sites (tertiary alicyclic amines) is 1. The van der Waals surface area contributed by atoms with Crippen molar-refractivity contribution in [3.63, 3.8) is 0 Å². The maximum atomic E-state index is 12.4. The van der Waals surface area contributed by atoms with Gasteiger partial charge in [0, 0.05) is 5.38 Å². The van der Waals surface area contributed by atoms with Crippen molar-refractivity contribution < 1.29 is 14.4 Å². The molecular formula is C17H15N3O3S2. The summed E-state index contributed by atoms with van der Waals surface area (Å²) in [4.78, 5) is 43.5. The first-order chi connectivity index (χ1) is 12.1. The molecule has 0 radical (unpaired) electrons. The maximum Gasteiger partial charge on any atom is 0.246 e. The minimum absolute atomic E-state index is 0.243. The summed E-state index contributed by atoms with van der Waals surface area (Å²) in [6.07, 6.45) is 5.00. The number of amides is 3. The fourth-order valence-electron chi connectivity index (χ4n) is 3.20. The third kappa shape index (κ3) is 3.03. The van der Waals surface area contributed by atoms with Crippen molar-refractivity contribution >= 4 is 45.5 Å². The van der Waals surface area contributed by atoms with Gasteiger partial charge in [0.05, 0.1) is 22.4 Å². The standard InChI is InChI=1S/C17H15N3O3S2/c21-14(19-17-18-12(9-25-17)13-6-3-7-24-13)8-20-15(22)10-4-1-2-5-11(10)16(20)23/h1-3,6-7,9-11H,4-5,8H2,(H,18,19,21). The van der Waals surface area contributed by atoms with E-state index in [2.05, 4.69) is 10.3 Å². The summed E-state index contributed by atoms with van der Waals surface area (Å²) in [5.74, 6) is -1.51. The number of rotatable bonds is 4. The van der Waals surface area contributed by atoms with E-state index in [0.717, 1.165) is 15.5 Å². The molecule has 128 valence electrons. The molecular weight excluding hydrogens is 358 g/mol. The Labute approximate surface area is 152 Å². The molecule has 8 heteroatoms. The van der Waals surface area contributed by atoms with Crippen LogP contribution in [0.15, 0.2) is 35.0 Å². The smallest absolute Gasteiger partial charge is 0.246 e. The van der Waals surface area contributed by atoms with E-state index >= 15 is 0 Å². The van der Waals surface area contributed by atoms with Gasteiger partial charge in [0.25, 0.3) is 0 Å². The van der Waals surface area contributed by atoms with Gasteiger partial charge in [-0.3, -0.25) is 19.3 Å². The van der Waals surface area contributed by atoms with Crippen LogP contribution in [0.5, 0.6) is 0 Å². The number of thiophene rings is 1. The Morgan fingerprint density at radius 3 is 2.56 bits per heavy atom. The summed E-state index contributed by atoms with van der Waals surface area (Å²) in [5, 5.41) is 6.98. The third-order valence-corrected chi connectivity index (χ3v) is 6.07. The molecule has 1 N–H and O–H groups in total. The molecule has 1 saturated heterocycles. The molecule has 3 heterocycles. The zero-order valence-electron chi connectivity index (χ0n) is 13.2. The number of hydrogen-bond donors (Lipinski definition) is 1. The van der Waals surface area contributed by atoms with Crippen LogP contribution in [0, 0.1) is 11.8 Å². The topological polar surface area (TPSA) is 79.4 Å². The molecule has 25 heavy (non-hydrogen) atoms. The molecule has 6 nitrogen and oxygen atoms in total. The van der Waals surface area contributed by atoms with Crippen LogP contribution in [0.25, 0.3) is 10.6 Å². The average molecular weight is 373 g/mol. The van der Waals surface area contributed by atoms with Crippen LogP contribution in [0.4, 0.5) is 5.13 Å². The average Bonchev–Trinajstić information content (AvgIpc) is 3.33. The Balaban J connectivity index is 1.41. The number of aromatic nitrogens is 1. The van der Waals surface area contributed by atoms with Crippen molar-refractivity contribution in [3.05, 3.63) is 35.0 Å². The van der Waals surface area contributed by atoms with Gasteiger partial charge >= 0.3 is 0 Å². The normalized spacial score (nSPS) is 22.3. The predicted molar refractivity (Wildman–Crippen MR) is 96.1 cm³/mol. The lowest BCUT2D eigenvalue weighted by Gasteiger charge is -2.14. The van der Waals surface area contributed by atoms with Crippen LogP contribution in [0.1, 0.15) is 12.8 Å². The Bertz CT molecular complexity index is 830. The number of carbonyl (C=O) groups excluding carboxylic acids is 3. The van der Waals surface area contributed by atoms with Gasteiger partial charge in [0.1, 0.15) is 6.54 Å². The molecule has 1 aliphatic heterocycles. The van der Waals surface area contributed by atoms with Crippen molar-refractivity contribution in [1.29, 1.82) is 0 Å². The van der Waals surface area contributed by atoms with Crippen molar-refractivity contribution in [2.75, 3.05) is 11.9 Å². The minimum atomic E-state index is -0.402. The number of carbonyl (C=O) groups is 3. The zero-order chi connectivity index (χ0) is 17.4. The van der Waals surface area contributed by atoms with Crippen molar-refractivity contribution in [1.82, 2.24) is 9.88 Å². The van der Waals surface area contributed by atoms with Gasteiger partial charge in [-0.25, -0.2) is 4.98 Å². The summed E-state index contributed by atoms with van der Waals surface area (Å²) in [7, 11) is 0. The summed E-state index contributed by atoms with van der Waals surface area (Å²) in [6, 6.07) is 3.90. The number of nitrogens with zero attached hydrogens (tertiary/aromatic N) is 2. The predicted octanol–water partition coefficient (Wildman–Crippen LogP) is 2.76. The Morgan fingerprint density at radius 1 is 1.20 bits per heavy atom. The number of nitrogens with one attached hydrogen (secondary N) is 1. The Kier molecular flexibility index (Phi) is 4.22. The molecule has 1 fully saturated rings. The summed E-state index contributed by atoms with van der Waals surface area (Å²) in [6.45, 7) is -0.251. The van der Waals surface area contributed by atoms with Crippen LogP contribution in [0.2, 0.25) is 0 Å². The highest BCUT2D eigenvalue weighted by molar-refractivity contribution is 7.16. The molecule has 4 rings (SSSR count). The molecule has 0 aromatic carbocycles. The first-order valence-corrected chi connectivity index (χ1v) is 9.69. The van der Waals surface area contributed by atoms with Crippen molar-refractivity contribution in [2.24, 2.45) is 11.8 Å².